The third kappa shape index (κ3) is 2.14. The first-order valence-corrected chi connectivity index (χ1v) is 5.87. The van der Waals surface area contributed by atoms with E-state index in [0.717, 1.165) is 17.7 Å². The van der Waals surface area contributed by atoms with Crippen LogP contribution < -0.4 is 11.1 Å². The van der Waals surface area contributed by atoms with Gasteiger partial charge < -0.3 is 9.73 Å². The first-order chi connectivity index (χ1) is 8.96. The summed E-state index contributed by atoms with van der Waals surface area (Å²) >= 11 is 0. The van der Waals surface area contributed by atoms with Gasteiger partial charge in [-0.3, -0.25) is 4.57 Å². The van der Waals surface area contributed by atoms with E-state index in [-0.39, 0.29) is 11.1 Å². The summed E-state index contributed by atoms with van der Waals surface area (Å²) in [6, 6.07) is 3.25. The minimum atomic E-state index is -4.45. The van der Waals surface area contributed by atoms with Crippen LogP contribution in [0.4, 0.5) is 13.2 Å². The Morgan fingerprint density at radius 3 is 2.89 bits per heavy atom. The molecule has 0 radical (unpaired) electrons. The molecule has 0 aliphatic carbocycles. The molecule has 1 N–H and O–H groups in total. The number of hydrogen-bond acceptors (Lipinski definition) is 3. The lowest BCUT2D eigenvalue weighted by Gasteiger charge is -2.16. The van der Waals surface area contributed by atoms with Crippen LogP contribution in [0.3, 0.4) is 0 Å². The summed E-state index contributed by atoms with van der Waals surface area (Å²) < 4.78 is 43.0. The third-order valence-electron chi connectivity index (χ3n) is 3.24. The van der Waals surface area contributed by atoms with E-state index in [9.17, 15) is 18.0 Å². The van der Waals surface area contributed by atoms with Crippen molar-refractivity contribution < 1.29 is 17.6 Å². The molecule has 0 bridgehead atoms. The van der Waals surface area contributed by atoms with E-state index in [1.54, 1.807) is 6.07 Å². The molecule has 7 heteroatoms. The largest absolute Gasteiger partial charge is 0.420 e. The first-order valence-electron chi connectivity index (χ1n) is 5.87. The molecule has 0 saturated heterocycles. The van der Waals surface area contributed by atoms with Gasteiger partial charge in [0.25, 0.3) is 0 Å². The zero-order chi connectivity index (χ0) is 13.6. The van der Waals surface area contributed by atoms with Gasteiger partial charge in [0.2, 0.25) is 0 Å². The van der Waals surface area contributed by atoms with Gasteiger partial charge >= 0.3 is 11.9 Å². The molecule has 1 aliphatic heterocycles. The molecule has 2 aromatic rings. The molecule has 0 amide bonds. The van der Waals surface area contributed by atoms with Crippen LogP contribution in [-0.4, -0.2) is 17.3 Å². The van der Waals surface area contributed by atoms with Crippen molar-refractivity contribution in [1.82, 2.24) is 9.88 Å². The van der Waals surface area contributed by atoms with Gasteiger partial charge in [0.15, 0.2) is 5.58 Å². The number of aromatic nitrogens is 1. The zero-order valence-electron chi connectivity index (χ0n) is 9.88. The topological polar surface area (TPSA) is 47.2 Å². The summed E-state index contributed by atoms with van der Waals surface area (Å²) in [6.07, 6.45) is -3.80. The fourth-order valence-corrected chi connectivity index (χ4v) is 2.43. The summed E-state index contributed by atoms with van der Waals surface area (Å²) in [7, 11) is 0. The Morgan fingerprint density at radius 1 is 1.37 bits per heavy atom. The predicted octanol–water partition coefficient (Wildman–Crippen LogP) is 1.80. The van der Waals surface area contributed by atoms with Gasteiger partial charge in [-0.2, -0.15) is 13.2 Å². The average molecular weight is 272 g/mol. The Labute approximate surface area is 105 Å². The van der Waals surface area contributed by atoms with Crippen LogP contribution in [0, 0.1) is 0 Å². The summed E-state index contributed by atoms with van der Waals surface area (Å²) in [5, 5.41) is 3.16. The molecule has 0 spiro atoms. The van der Waals surface area contributed by atoms with Crippen LogP contribution in [0.5, 0.6) is 0 Å². The van der Waals surface area contributed by atoms with E-state index < -0.39 is 18.5 Å². The SMILES string of the molecule is O=c1oc2c3c(ccc2n1CC(F)(F)F)CNCC3. The molecule has 1 aromatic carbocycles. The number of nitrogens with one attached hydrogen (secondary N) is 1. The number of oxazole rings is 1. The molecule has 0 fully saturated rings. The predicted molar refractivity (Wildman–Crippen MR) is 61.9 cm³/mol. The number of rotatable bonds is 1. The highest BCUT2D eigenvalue weighted by molar-refractivity contribution is 5.78. The van der Waals surface area contributed by atoms with Crippen molar-refractivity contribution >= 4 is 11.1 Å². The molecular weight excluding hydrogens is 261 g/mol. The smallest absolute Gasteiger partial charge is 0.407 e. The number of benzene rings is 1. The fraction of sp³-hybridized carbons (Fsp3) is 0.417. The van der Waals surface area contributed by atoms with Crippen LogP contribution in [0.25, 0.3) is 11.1 Å². The Hall–Kier alpha value is -1.76. The van der Waals surface area contributed by atoms with Crippen LogP contribution in [0.15, 0.2) is 21.3 Å². The second-order valence-corrected chi connectivity index (χ2v) is 4.55. The average Bonchev–Trinajstić information content (AvgIpc) is 2.65. The summed E-state index contributed by atoms with van der Waals surface area (Å²) in [5.74, 6) is -0.959. The molecule has 0 unspecified atom stereocenters. The van der Waals surface area contributed by atoms with E-state index in [1.165, 1.54) is 6.07 Å². The number of hydrogen-bond donors (Lipinski definition) is 1. The lowest BCUT2D eigenvalue weighted by molar-refractivity contribution is -0.140. The maximum absolute atomic E-state index is 12.5. The summed E-state index contributed by atoms with van der Waals surface area (Å²) in [5.41, 5.74) is 2.29. The lowest BCUT2D eigenvalue weighted by Crippen LogP contribution is -2.25. The van der Waals surface area contributed by atoms with Crippen LogP contribution in [0.2, 0.25) is 0 Å². The van der Waals surface area contributed by atoms with Crippen molar-refractivity contribution in [2.45, 2.75) is 25.7 Å². The number of nitrogens with zero attached hydrogens (tertiary/aromatic N) is 1. The zero-order valence-corrected chi connectivity index (χ0v) is 9.88. The highest BCUT2D eigenvalue weighted by atomic mass is 19.4. The molecule has 0 atom stereocenters. The van der Waals surface area contributed by atoms with Crippen molar-refractivity contribution in [3.05, 3.63) is 33.8 Å². The van der Waals surface area contributed by atoms with Crippen molar-refractivity contribution in [3.63, 3.8) is 0 Å². The molecule has 102 valence electrons. The lowest BCUT2D eigenvalue weighted by atomic mass is 10.00. The monoisotopic (exact) mass is 272 g/mol. The minimum Gasteiger partial charge on any atom is -0.407 e. The third-order valence-corrected chi connectivity index (χ3v) is 3.24. The molecular formula is C12H11F3N2O2. The van der Waals surface area contributed by atoms with E-state index in [1.807, 2.05) is 0 Å². The van der Waals surface area contributed by atoms with E-state index in [2.05, 4.69) is 5.32 Å². The highest BCUT2D eigenvalue weighted by Crippen LogP contribution is 2.26. The fourth-order valence-electron chi connectivity index (χ4n) is 2.43. The molecule has 19 heavy (non-hydrogen) atoms. The first kappa shape index (κ1) is 12.3. The van der Waals surface area contributed by atoms with Gasteiger partial charge in [-0.25, -0.2) is 4.79 Å². The molecule has 1 aliphatic rings. The normalized spacial score (nSPS) is 15.7. The van der Waals surface area contributed by atoms with Crippen molar-refractivity contribution in [3.8, 4) is 0 Å². The van der Waals surface area contributed by atoms with Crippen molar-refractivity contribution in [2.75, 3.05) is 6.54 Å². The van der Waals surface area contributed by atoms with Gasteiger partial charge in [-0.1, -0.05) is 6.07 Å². The second-order valence-electron chi connectivity index (χ2n) is 4.55. The van der Waals surface area contributed by atoms with Crippen LogP contribution >= 0.6 is 0 Å². The van der Waals surface area contributed by atoms with E-state index >= 15 is 0 Å². The maximum Gasteiger partial charge on any atom is 0.420 e. The number of halogens is 3. The van der Waals surface area contributed by atoms with Gasteiger partial charge in [0, 0.05) is 12.1 Å². The van der Waals surface area contributed by atoms with Crippen LogP contribution in [0.1, 0.15) is 11.1 Å². The molecule has 2 heterocycles. The highest BCUT2D eigenvalue weighted by Gasteiger charge is 2.31. The molecule has 3 rings (SSSR count). The quantitative estimate of drug-likeness (QED) is 0.861. The standard InChI is InChI=1S/C12H11F3N2O2/c13-12(14,15)6-17-9-2-1-7-5-16-4-3-8(7)10(9)19-11(17)18/h1-2,16H,3-6H2. The number of fused-ring (bicyclic) bond motifs is 3. The Bertz CT molecular complexity index is 685. The van der Waals surface area contributed by atoms with Gasteiger partial charge in [0.1, 0.15) is 6.54 Å². The van der Waals surface area contributed by atoms with Gasteiger partial charge in [-0.05, 0) is 24.6 Å². The molecule has 4 nitrogen and oxygen atoms in total. The van der Waals surface area contributed by atoms with E-state index in [0.29, 0.717) is 17.5 Å². The Kier molecular flexibility index (Phi) is 2.67. The summed E-state index contributed by atoms with van der Waals surface area (Å²) in [4.78, 5) is 11.6. The maximum atomic E-state index is 12.5. The number of alkyl halides is 3. The molecule has 1 aromatic heterocycles. The van der Waals surface area contributed by atoms with Crippen molar-refractivity contribution in [2.24, 2.45) is 0 Å². The van der Waals surface area contributed by atoms with E-state index in [4.69, 9.17) is 4.42 Å². The molecule has 0 saturated carbocycles. The second kappa shape index (κ2) is 4.12. The Morgan fingerprint density at radius 2 is 2.16 bits per heavy atom. The van der Waals surface area contributed by atoms with Crippen molar-refractivity contribution in [1.29, 1.82) is 0 Å². The minimum absolute atomic E-state index is 0.211. The van der Waals surface area contributed by atoms with Gasteiger partial charge in [-0.15, -0.1) is 0 Å². The van der Waals surface area contributed by atoms with Crippen LogP contribution in [-0.2, 0) is 19.5 Å². The van der Waals surface area contributed by atoms with Gasteiger partial charge in [0.05, 0.1) is 5.52 Å². The Balaban J connectivity index is 2.20. The summed E-state index contributed by atoms with van der Waals surface area (Å²) in [6.45, 7) is 0.0373.